The molecule has 0 N–H and O–H groups in total. The number of aryl methyl sites for hydroxylation is 2. The summed E-state index contributed by atoms with van der Waals surface area (Å²) >= 11 is 0. The third-order valence-corrected chi connectivity index (χ3v) is 4.64. The van der Waals surface area contributed by atoms with Gasteiger partial charge in [-0.3, -0.25) is 9.38 Å². The first-order chi connectivity index (χ1) is 14.2. The van der Waals surface area contributed by atoms with Gasteiger partial charge in [0.15, 0.2) is 5.65 Å². The van der Waals surface area contributed by atoms with E-state index in [2.05, 4.69) is 26.3 Å². The molecule has 29 heavy (non-hydrogen) atoms. The van der Waals surface area contributed by atoms with Crippen LogP contribution in [0.1, 0.15) is 25.1 Å². The largest absolute Gasteiger partial charge is 0.464 e. The summed E-state index contributed by atoms with van der Waals surface area (Å²) in [6, 6.07) is 9.67. The number of hydrogen-bond acceptors (Lipinski definition) is 5. The zero-order valence-corrected chi connectivity index (χ0v) is 16.9. The number of rotatable bonds is 3. The van der Waals surface area contributed by atoms with Crippen LogP contribution in [-0.2, 0) is 0 Å². The maximum absolute atomic E-state index is 6.02. The summed E-state index contributed by atoms with van der Waals surface area (Å²) in [5.74, 6) is 1.25. The van der Waals surface area contributed by atoms with E-state index in [4.69, 9.17) is 9.15 Å². The van der Waals surface area contributed by atoms with Crippen molar-refractivity contribution < 1.29 is 9.15 Å². The van der Waals surface area contributed by atoms with Gasteiger partial charge in [0.25, 0.3) is 0 Å². The molecule has 0 bridgehead atoms. The van der Waals surface area contributed by atoms with E-state index in [-0.39, 0.29) is 0 Å². The number of hydrogen-bond donors (Lipinski definition) is 0. The van der Waals surface area contributed by atoms with E-state index in [0.29, 0.717) is 5.88 Å². The quantitative estimate of drug-likeness (QED) is 0.382. The van der Waals surface area contributed by atoms with Gasteiger partial charge in [0.1, 0.15) is 11.3 Å². The number of furan rings is 1. The summed E-state index contributed by atoms with van der Waals surface area (Å²) in [6.07, 6.45) is 8.83. The number of imidazole rings is 1. The summed E-state index contributed by atoms with van der Waals surface area (Å²) in [6.45, 7) is 8.06. The third-order valence-electron chi connectivity index (χ3n) is 4.64. The van der Waals surface area contributed by atoms with Crippen LogP contribution in [0.4, 0.5) is 0 Å². The molecule has 0 aliphatic rings. The highest BCUT2D eigenvalue weighted by molar-refractivity contribution is 5.82. The molecule has 1 aromatic carbocycles. The lowest BCUT2D eigenvalue weighted by atomic mass is 10.0. The van der Waals surface area contributed by atoms with Crippen molar-refractivity contribution in [1.82, 2.24) is 19.4 Å². The second-order valence-corrected chi connectivity index (χ2v) is 6.37. The van der Waals surface area contributed by atoms with Crippen LogP contribution in [0.15, 0.2) is 65.8 Å². The molecule has 0 spiro atoms. The predicted molar refractivity (Wildman–Crippen MR) is 113 cm³/mol. The number of fused-ring (bicyclic) bond motifs is 2. The molecule has 0 saturated heterocycles. The number of aromatic nitrogens is 4. The first kappa shape index (κ1) is 18.7. The monoisotopic (exact) mass is 386 g/mol. The Morgan fingerprint density at radius 1 is 0.966 bits per heavy atom. The molecule has 5 aromatic rings. The maximum atomic E-state index is 6.02. The van der Waals surface area contributed by atoms with E-state index in [0.717, 1.165) is 44.9 Å². The topological polar surface area (TPSA) is 65.5 Å². The van der Waals surface area contributed by atoms with Gasteiger partial charge in [-0.2, -0.15) is 0 Å². The van der Waals surface area contributed by atoms with Crippen LogP contribution in [0, 0.1) is 13.8 Å². The number of ether oxygens (including phenoxy) is 1. The van der Waals surface area contributed by atoms with Gasteiger partial charge < -0.3 is 9.15 Å². The maximum Gasteiger partial charge on any atom is 0.230 e. The van der Waals surface area contributed by atoms with E-state index < -0.39 is 0 Å². The molecule has 0 aliphatic carbocycles. The van der Waals surface area contributed by atoms with Crippen molar-refractivity contribution in [2.75, 3.05) is 0 Å². The van der Waals surface area contributed by atoms with E-state index in [1.807, 2.05) is 57.3 Å². The summed E-state index contributed by atoms with van der Waals surface area (Å²) in [5.41, 5.74) is 5.72. The Bertz CT molecular complexity index is 1290. The van der Waals surface area contributed by atoms with Crippen LogP contribution in [0.5, 0.6) is 11.6 Å². The van der Waals surface area contributed by atoms with Gasteiger partial charge >= 0.3 is 0 Å². The van der Waals surface area contributed by atoms with Crippen molar-refractivity contribution in [2.45, 2.75) is 27.7 Å². The van der Waals surface area contributed by atoms with Crippen molar-refractivity contribution in [1.29, 1.82) is 0 Å². The number of benzene rings is 1. The average molecular weight is 386 g/mol. The first-order valence-corrected chi connectivity index (χ1v) is 9.60. The number of nitrogens with zero attached hydrogens (tertiary/aromatic N) is 4. The molecule has 0 radical (unpaired) electrons. The SMILES string of the molecule is CC.Cc1cc(Oc2nccc3occc23)ccc1-c1c(C)ncc2nccn12. The van der Waals surface area contributed by atoms with Gasteiger partial charge in [-0.1, -0.05) is 13.8 Å². The molecule has 0 unspecified atom stereocenters. The lowest BCUT2D eigenvalue weighted by Crippen LogP contribution is -1.99. The van der Waals surface area contributed by atoms with E-state index >= 15 is 0 Å². The van der Waals surface area contributed by atoms with Crippen molar-refractivity contribution in [3.63, 3.8) is 0 Å². The van der Waals surface area contributed by atoms with Crippen LogP contribution in [0.3, 0.4) is 0 Å². The Balaban J connectivity index is 0.000000994. The van der Waals surface area contributed by atoms with Gasteiger partial charge in [0, 0.05) is 24.2 Å². The highest BCUT2D eigenvalue weighted by atomic mass is 16.5. The van der Waals surface area contributed by atoms with Crippen molar-refractivity contribution >= 4 is 16.6 Å². The second-order valence-electron chi connectivity index (χ2n) is 6.37. The molecule has 6 heteroatoms. The Kier molecular flexibility index (Phi) is 4.99. The Labute approximate surface area is 168 Å². The molecule has 4 heterocycles. The van der Waals surface area contributed by atoms with Gasteiger partial charge in [-0.25, -0.2) is 9.97 Å². The van der Waals surface area contributed by atoms with Crippen molar-refractivity contribution in [3.8, 4) is 22.9 Å². The van der Waals surface area contributed by atoms with E-state index in [1.54, 1.807) is 24.9 Å². The van der Waals surface area contributed by atoms with Crippen LogP contribution in [-0.4, -0.2) is 19.4 Å². The van der Waals surface area contributed by atoms with E-state index in [1.165, 1.54) is 0 Å². The van der Waals surface area contributed by atoms with Crippen molar-refractivity contribution in [2.24, 2.45) is 0 Å². The average Bonchev–Trinajstić information content (AvgIpc) is 3.40. The minimum atomic E-state index is 0.531. The van der Waals surface area contributed by atoms with Crippen LogP contribution in [0.2, 0.25) is 0 Å². The summed E-state index contributed by atoms with van der Waals surface area (Å²) in [5, 5.41) is 0.849. The molecule has 6 nitrogen and oxygen atoms in total. The van der Waals surface area contributed by atoms with Gasteiger partial charge in [-0.05, 0) is 49.7 Å². The summed E-state index contributed by atoms with van der Waals surface area (Å²) < 4.78 is 13.5. The van der Waals surface area contributed by atoms with Crippen LogP contribution >= 0.6 is 0 Å². The van der Waals surface area contributed by atoms with Gasteiger partial charge in [0.05, 0.1) is 29.2 Å². The molecular weight excluding hydrogens is 364 g/mol. The standard InChI is InChI=1S/C21H16N4O2.C2H6/c1-13-11-15(27-21-17-6-10-26-18(17)5-7-23-21)3-4-16(13)20-14(2)24-12-19-22-8-9-25(19)20;1-2/h3-12H,1-2H3;1-2H3. The fourth-order valence-electron chi connectivity index (χ4n) is 3.34. The second kappa shape index (κ2) is 7.75. The summed E-state index contributed by atoms with van der Waals surface area (Å²) in [4.78, 5) is 13.1. The highest BCUT2D eigenvalue weighted by Crippen LogP contribution is 2.32. The van der Waals surface area contributed by atoms with E-state index in [9.17, 15) is 0 Å². The predicted octanol–water partition coefficient (Wildman–Crippen LogP) is 5.97. The molecule has 4 aromatic heterocycles. The van der Waals surface area contributed by atoms with Gasteiger partial charge in [-0.15, -0.1) is 0 Å². The fraction of sp³-hybridized carbons (Fsp3) is 0.174. The van der Waals surface area contributed by atoms with Crippen LogP contribution in [0.25, 0.3) is 27.9 Å². The summed E-state index contributed by atoms with van der Waals surface area (Å²) in [7, 11) is 0. The molecular formula is C23H22N4O2. The minimum absolute atomic E-state index is 0.531. The third kappa shape index (κ3) is 3.33. The lowest BCUT2D eigenvalue weighted by molar-refractivity contribution is 0.468. The molecule has 0 fully saturated rings. The molecule has 0 saturated carbocycles. The highest BCUT2D eigenvalue weighted by Gasteiger charge is 2.13. The Morgan fingerprint density at radius 2 is 1.83 bits per heavy atom. The smallest absolute Gasteiger partial charge is 0.230 e. The Morgan fingerprint density at radius 3 is 2.66 bits per heavy atom. The normalized spacial score (nSPS) is 10.8. The molecule has 146 valence electrons. The van der Waals surface area contributed by atoms with Gasteiger partial charge in [0.2, 0.25) is 5.88 Å². The first-order valence-electron chi connectivity index (χ1n) is 9.60. The molecule has 0 atom stereocenters. The minimum Gasteiger partial charge on any atom is -0.464 e. The molecule has 0 aliphatic heterocycles. The fourth-order valence-corrected chi connectivity index (χ4v) is 3.34. The Hall–Kier alpha value is -3.67. The lowest BCUT2D eigenvalue weighted by Gasteiger charge is -2.13. The van der Waals surface area contributed by atoms with Crippen molar-refractivity contribution in [3.05, 3.63) is 72.6 Å². The number of pyridine rings is 1. The zero-order valence-electron chi connectivity index (χ0n) is 16.9. The molecule has 5 rings (SSSR count). The molecule has 0 amide bonds. The zero-order chi connectivity index (χ0) is 20.4. The van der Waals surface area contributed by atoms with Crippen LogP contribution < -0.4 is 4.74 Å².